The van der Waals surface area contributed by atoms with Gasteiger partial charge in [-0.25, -0.2) is 4.79 Å². The average molecular weight is 356 g/mol. The van der Waals surface area contributed by atoms with E-state index in [9.17, 15) is 14.7 Å². The maximum atomic E-state index is 12.2. The Morgan fingerprint density at radius 1 is 1.38 bits per heavy atom. The molecule has 0 saturated heterocycles. The molecule has 0 radical (unpaired) electrons. The molecule has 7 heteroatoms. The number of nitrogens with one attached hydrogen (secondary N) is 1. The monoisotopic (exact) mass is 356 g/mol. The van der Waals surface area contributed by atoms with Gasteiger partial charge in [0.05, 0.1) is 18.5 Å². The molecule has 136 valence electrons. The van der Waals surface area contributed by atoms with Crippen LogP contribution in [0.25, 0.3) is 0 Å². The van der Waals surface area contributed by atoms with Crippen LogP contribution in [0.4, 0.5) is 11.4 Å². The van der Waals surface area contributed by atoms with E-state index in [1.807, 2.05) is 0 Å². The van der Waals surface area contributed by atoms with Crippen LogP contribution in [0.5, 0.6) is 11.5 Å². The number of benzene rings is 1. The van der Waals surface area contributed by atoms with E-state index >= 15 is 0 Å². The van der Waals surface area contributed by atoms with Crippen molar-refractivity contribution in [3.63, 3.8) is 0 Å². The molecule has 1 heterocycles. The molecule has 1 saturated carbocycles. The van der Waals surface area contributed by atoms with Gasteiger partial charge in [-0.05, 0) is 38.0 Å². The molecule has 2 N–H and O–H groups in total. The molecule has 1 aliphatic carbocycles. The normalized spacial score (nSPS) is 14.2. The number of aromatic hydroxyl groups is 1. The lowest BCUT2D eigenvalue weighted by atomic mass is 9.85. The molecule has 0 bridgehead atoms. The van der Waals surface area contributed by atoms with Crippen LogP contribution in [0.2, 0.25) is 0 Å². The van der Waals surface area contributed by atoms with Gasteiger partial charge in [0.1, 0.15) is 22.8 Å². The largest absolute Gasteiger partial charge is 0.507 e. The van der Waals surface area contributed by atoms with E-state index in [-0.39, 0.29) is 23.1 Å². The smallest absolute Gasteiger partial charge is 0.348 e. The van der Waals surface area contributed by atoms with Gasteiger partial charge in [0, 0.05) is 18.2 Å². The summed E-state index contributed by atoms with van der Waals surface area (Å²) in [5.74, 6) is 0.646. The van der Waals surface area contributed by atoms with Gasteiger partial charge >= 0.3 is 5.63 Å². The number of anilines is 1. The van der Waals surface area contributed by atoms with E-state index in [0.717, 1.165) is 19.3 Å². The first-order valence-corrected chi connectivity index (χ1v) is 8.34. The Morgan fingerprint density at radius 3 is 2.77 bits per heavy atom. The summed E-state index contributed by atoms with van der Waals surface area (Å²) in [6.07, 6.45) is 4.10. The molecule has 7 nitrogen and oxygen atoms in total. The number of aliphatic imine (C=N–C) groups is 1. The summed E-state index contributed by atoms with van der Waals surface area (Å²) in [6, 6.07) is 6.36. The maximum absolute atomic E-state index is 12.2. The zero-order chi connectivity index (χ0) is 18.7. The topological polar surface area (TPSA) is 101 Å². The van der Waals surface area contributed by atoms with Gasteiger partial charge in [0.25, 0.3) is 0 Å². The summed E-state index contributed by atoms with van der Waals surface area (Å²) in [5.41, 5.74) is 0.304. The number of carbonyl (C=O) groups is 1. The molecule has 0 aliphatic heterocycles. The zero-order valence-corrected chi connectivity index (χ0v) is 14.6. The number of amides is 1. The van der Waals surface area contributed by atoms with Gasteiger partial charge in [0.2, 0.25) is 5.91 Å². The van der Waals surface area contributed by atoms with Gasteiger partial charge in [-0.15, -0.1) is 0 Å². The van der Waals surface area contributed by atoms with E-state index in [2.05, 4.69) is 10.3 Å². The second kappa shape index (κ2) is 7.43. The Labute approximate surface area is 150 Å². The number of aryl methyl sites for hydroxylation is 1. The van der Waals surface area contributed by atoms with Crippen LogP contribution in [-0.2, 0) is 4.79 Å². The molecule has 0 spiro atoms. The summed E-state index contributed by atoms with van der Waals surface area (Å²) >= 11 is 0. The van der Waals surface area contributed by atoms with E-state index in [1.165, 1.54) is 19.4 Å². The van der Waals surface area contributed by atoms with Crippen molar-refractivity contribution in [2.45, 2.75) is 26.2 Å². The average Bonchev–Trinajstić information content (AvgIpc) is 2.52. The fourth-order valence-electron chi connectivity index (χ4n) is 2.64. The van der Waals surface area contributed by atoms with E-state index < -0.39 is 5.63 Å². The molecule has 2 aromatic rings. The van der Waals surface area contributed by atoms with Crippen molar-refractivity contribution in [1.29, 1.82) is 0 Å². The van der Waals surface area contributed by atoms with Gasteiger partial charge in [-0.3, -0.25) is 9.79 Å². The standard InChI is InChI=1S/C19H20N2O5/c1-11-8-16(22)14(19(24)26-11)10-20-13-6-7-17(25-2)15(9-13)21-18(23)12-4-3-5-12/h6-10,12,22H,3-5H2,1-2H3,(H,21,23). The Morgan fingerprint density at radius 2 is 2.15 bits per heavy atom. The number of rotatable bonds is 5. The molecule has 3 rings (SSSR count). The molecule has 1 amide bonds. The third-order valence-corrected chi connectivity index (χ3v) is 4.35. The molecule has 0 atom stereocenters. The Balaban J connectivity index is 1.85. The third-order valence-electron chi connectivity index (χ3n) is 4.35. The van der Waals surface area contributed by atoms with Crippen molar-refractivity contribution in [1.82, 2.24) is 0 Å². The van der Waals surface area contributed by atoms with Gasteiger partial charge in [0.15, 0.2) is 0 Å². The minimum absolute atomic E-state index is 0.0347. The van der Waals surface area contributed by atoms with Crippen LogP contribution in [-0.4, -0.2) is 24.3 Å². The molecule has 1 aromatic carbocycles. The number of hydrogen-bond donors (Lipinski definition) is 2. The highest BCUT2D eigenvalue weighted by molar-refractivity contribution is 5.95. The summed E-state index contributed by atoms with van der Waals surface area (Å²) in [5, 5.41) is 12.7. The van der Waals surface area contributed by atoms with E-state index in [1.54, 1.807) is 25.1 Å². The van der Waals surface area contributed by atoms with Crippen molar-refractivity contribution in [3.8, 4) is 11.5 Å². The first kappa shape index (κ1) is 17.7. The molecule has 1 aliphatic rings. The fourth-order valence-corrected chi connectivity index (χ4v) is 2.64. The number of methoxy groups -OCH3 is 1. The molecule has 0 unspecified atom stereocenters. The Kier molecular flexibility index (Phi) is 5.06. The first-order valence-electron chi connectivity index (χ1n) is 8.34. The van der Waals surface area contributed by atoms with Crippen molar-refractivity contribution in [3.05, 3.63) is 46.0 Å². The Bertz CT molecular complexity index is 913. The van der Waals surface area contributed by atoms with E-state index in [0.29, 0.717) is 22.9 Å². The predicted molar refractivity (Wildman–Crippen MR) is 97.6 cm³/mol. The molecule has 1 aromatic heterocycles. The quantitative estimate of drug-likeness (QED) is 0.802. The zero-order valence-electron chi connectivity index (χ0n) is 14.6. The van der Waals surface area contributed by atoms with Crippen molar-refractivity contribution in [2.75, 3.05) is 12.4 Å². The number of hydrogen-bond acceptors (Lipinski definition) is 6. The van der Waals surface area contributed by atoms with Crippen molar-refractivity contribution >= 4 is 23.5 Å². The highest BCUT2D eigenvalue weighted by atomic mass is 16.5. The summed E-state index contributed by atoms with van der Waals surface area (Å²) < 4.78 is 10.2. The number of nitrogens with zero attached hydrogens (tertiary/aromatic N) is 1. The van der Waals surface area contributed by atoms with Crippen LogP contribution in [0.3, 0.4) is 0 Å². The maximum Gasteiger partial charge on any atom is 0.348 e. The van der Waals surface area contributed by atoms with Crippen molar-refractivity contribution < 1.29 is 19.1 Å². The van der Waals surface area contributed by atoms with Gasteiger partial charge in [-0.1, -0.05) is 6.42 Å². The van der Waals surface area contributed by atoms with Gasteiger partial charge < -0.3 is 19.6 Å². The molecule has 1 fully saturated rings. The highest BCUT2D eigenvalue weighted by Gasteiger charge is 2.25. The van der Waals surface area contributed by atoms with Gasteiger partial charge in [-0.2, -0.15) is 0 Å². The minimum Gasteiger partial charge on any atom is -0.507 e. The lowest BCUT2D eigenvalue weighted by molar-refractivity contribution is -0.122. The predicted octanol–water partition coefficient (Wildman–Crippen LogP) is 3.15. The third kappa shape index (κ3) is 3.77. The highest BCUT2D eigenvalue weighted by Crippen LogP contribution is 2.32. The number of carbonyl (C=O) groups excluding carboxylic acids is 1. The SMILES string of the molecule is COc1ccc(N=Cc2c(O)cc(C)oc2=O)cc1NC(=O)C1CCC1. The van der Waals surface area contributed by atoms with Crippen LogP contribution < -0.4 is 15.7 Å². The summed E-state index contributed by atoms with van der Waals surface area (Å²) in [7, 11) is 1.52. The van der Waals surface area contributed by atoms with Crippen molar-refractivity contribution in [2.24, 2.45) is 10.9 Å². The molecule has 26 heavy (non-hydrogen) atoms. The van der Waals surface area contributed by atoms with Crippen LogP contribution >= 0.6 is 0 Å². The number of ether oxygens (including phenoxy) is 1. The first-order chi connectivity index (χ1) is 12.5. The fraction of sp³-hybridized carbons (Fsp3) is 0.316. The molecular weight excluding hydrogens is 336 g/mol. The lowest BCUT2D eigenvalue weighted by Crippen LogP contribution is -2.28. The minimum atomic E-state index is -0.668. The molecular formula is C19H20N2O5. The van der Waals surface area contributed by atoms with Crippen LogP contribution in [0, 0.1) is 12.8 Å². The lowest BCUT2D eigenvalue weighted by Gasteiger charge is -2.24. The van der Waals surface area contributed by atoms with E-state index in [4.69, 9.17) is 9.15 Å². The second-order valence-electron chi connectivity index (χ2n) is 6.20. The summed E-state index contributed by atoms with van der Waals surface area (Å²) in [4.78, 5) is 28.2. The Hall–Kier alpha value is -3.09. The summed E-state index contributed by atoms with van der Waals surface area (Å²) in [6.45, 7) is 1.57. The van der Waals surface area contributed by atoms with Crippen LogP contribution in [0.15, 0.2) is 38.5 Å². The van der Waals surface area contributed by atoms with Crippen LogP contribution in [0.1, 0.15) is 30.6 Å². The second-order valence-corrected chi connectivity index (χ2v) is 6.20.